The summed E-state index contributed by atoms with van der Waals surface area (Å²) in [5, 5.41) is 2.98. The van der Waals surface area contributed by atoms with Crippen molar-refractivity contribution in [3.8, 4) is 0 Å². The summed E-state index contributed by atoms with van der Waals surface area (Å²) in [6, 6.07) is 5.48. The van der Waals surface area contributed by atoms with Crippen LogP contribution in [0.15, 0.2) is 22.7 Å². The highest BCUT2D eigenvalue weighted by Crippen LogP contribution is 2.26. The van der Waals surface area contributed by atoms with E-state index in [1.54, 1.807) is 18.2 Å². The third-order valence-corrected chi connectivity index (χ3v) is 4.61. The van der Waals surface area contributed by atoms with Gasteiger partial charge in [0, 0.05) is 31.2 Å². The number of likely N-dealkylation sites (tertiary alicyclic amines) is 1. The normalized spacial score (nSPS) is 15.8. The maximum Gasteiger partial charge on any atom is 0.255 e. The van der Waals surface area contributed by atoms with Crippen molar-refractivity contribution in [1.82, 2.24) is 10.2 Å². The Labute approximate surface area is 133 Å². The Morgan fingerprint density at radius 1 is 1.38 bits per heavy atom. The molecule has 1 saturated heterocycles. The second-order valence-corrected chi connectivity index (χ2v) is 5.99. The number of nitrogens with two attached hydrogens (primary N) is 1. The molecular formula is C15H20BrN3O2. The predicted octanol–water partition coefficient (Wildman–Crippen LogP) is 2.16. The molecule has 0 saturated carbocycles. The second kappa shape index (κ2) is 6.93. The van der Waals surface area contributed by atoms with Crippen LogP contribution in [0.25, 0.3) is 0 Å². The lowest BCUT2D eigenvalue weighted by atomic mass is 10.0. The molecule has 6 heteroatoms. The molecule has 0 aromatic heterocycles. The average molecular weight is 354 g/mol. The number of anilines is 1. The maximum atomic E-state index is 12.5. The van der Waals surface area contributed by atoms with Gasteiger partial charge in [0.1, 0.15) is 0 Å². The summed E-state index contributed by atoms with van der Waals surface area (Å²) < 4.78 is 0.649. The third kappa shape index (κ3) is 3.75. The second-order valence-electron chi connectivity index (χ2n) is 5.20. The molecule has 0 spiro atoms. The number of rotatable bonds is 3. The molecule has 0 bridgehead atoms. The Balaban J connectivity index is 1.97. The standard InChI is InChI=1S/C15H20BrN3O2/c1-2-13(20)18-10-6-8-19(9-7-10)15(21)11-4-3-5-12(17)14(11)16/h3-5,10H,2,6-9,17H2,1H3,(H,18,20). The summed E-state index contributed by atoms with van der Waals surface area (Å²) in [6.07, 6.45) is 2.07. The Kier molecular flexibility index (Phi) is 5.22. The highest BCUT2D eigenvalue weighted by atomic mass is 79.9. The Morgan fingerprint density at radius 2 is 2.05 bits per heavy atom. The maximum absolute atomic E-state index is 12.5. The quantitative estimate of drug-likeness (QED) is 0.817. The Morgan fingerprint density at radius 3 is 2.67 bits per heavy atom. The van der Waals surface area contributed by atoms with Crippen molar-refractivity contribution in [3.05, 3.63) is 28.2 Å². The Hall–Kier alpha value is -1.56. The fourth-order valence-corrected chi connectivity index (χ4v) is 2.88. The molecule has 0 radical (unpaired) electrons. The predicted molar refractivity (Wildman–Crippen MR) is 85.9 cm³/mol. The van der Waals surface area contributed by atoms with Crippen LogP contribution in [-0.4, -0.2) is 35.8 Å². The van der Waals surface area contributed by atoms with E-state index < -0.39 is 0 Å². The molecule has 1 aliphatic rings. The fourth-order valence-electron chi connectivity index (χ4n) is 2.44. The van der Waals surface area contributed by atoms with Crippen LogP contribution in [0.4, 0.5) is 5.69 Å². The minimum absolute atomic E-state index is 0.0190. The first-order chi connectivity index (χ1) is 10.0. The van der Waals surface area contributed by atoms with Gasteiger partial charge in [0.25, 0.3) is 5.91 Å². The number of hydrogen-bond acceptors (Lipinski definition) is 3. The van der Waals surface area contributed by atoms with E-state index in [9.17, 15) is 9.59 Å². The van der Waals surface area contributed by atoms with Crippen LogP contribution in [0.2, 0.25) is 0 Å². The SMILES string of the molecule is CCC(=O)NC1CCN(C(=O)c2cccc(N)c2Br)CC1. The molecule has 2 amide bonds. The number of nitrogens with zero attached hydrogens (tertiary/aromatic N) is 1. The zero-order valence-electron chi connectivity index (χ0n) is 12.1. The molecular weight excluding hydrogens is 334 g/mol. The minimum Gasteiger partial charge on any atom is -0.398 e. The van der Waals surface area contributed by atoms with Crippen molar-refractivity contribution >= 4 is 33.4 Å². The zero-order valence-corrected chi connectivity index (χ0v) is 13.6. The van der Waals surface area contributed by atoms with Gasteiger partial charge in [-0.2, -0.15) is 0 Å². The topological polar surface area (TPSA) is 75.4 Å². The first-order valence-electron chi connectivity index (χ1n) is 7.15. The molecule has 3 N–H and O–H groups in total. The van der Waals surface area contributed by atoms with Gasteiger partial charge in [-0.3, -0.25) is 9.59 Å². The van der Waals surface area contributed by atoms with Crippen LogP contribution >= 0.6 is 15.9 Å². The molecule has 0 aliphatic carbocycles. The van der Waals surface area contributed by atoms with Gasteiger partial charge in [0.2, 0.25) is 5.91 Å². The number of carbonyl (C=O) groups is 2. The van der Waals surface area contributed by atoms with Gasteiger partial charge in [0.05, 0.1) is 10.0 Å². The molecule has 1 aromatic carbocycles. The van der Waals surface area contributed by atoms with E-state index in [0.717, 1.165) is 12.8 Å². The van der Waals surface area contributed by atoms with Crippen LogP contribution in [0.1, 0.15) is 36.5 Å². The monoisotopic (exact) mass is 353 g/mol. The Bertz CT molecular complexity index is 540. The highest BCUT2D eigenvalue weighted by Gasteiger charge is 2.25. The van der Waals surface area contributed by atoms with Crippen LogP contribution in [0.3, 0.4) is 0 Å². The van der Waals surface area contributed by atoms with Crippen molar-refractivity contribution in [1.29, 1.82) is 0 Å². The molecule has 21 heavy (non-hydrogen) atoms. The van der Waals surface area contributed by atoms with Gasteiger partial charge >= 0.3 is 0 Å². The number of piperidine rings is 1. The van der Waals surface area contributed by atoms with Crippen LogP contribution in [0.5, 0.6) is 0 Å². The molecule has 5 nitrogen and oxygen atoms in total. The van der Waals surface area contributed by atoms with E-state index in [1.807, 2.05) is 11.8 Å². The minimum atomic E-state index is -0.0190. The summed E-state index contributed by atoms with van der Waals surface area (Å²) in [7, 11) is 0. The summed E-state index contributed by atoms with van der Waals surface area (Å²) in [5.74, 6) is 0.0489. The first-order valence-corrected chi connectivity index (χ1v) is 7.94. The van der Waals surface area contributed by atoms with Crippen LogP contribution in [-0.2, 0) is 4.79 Å². The molecule has 1 aromatic rings. The number of nitrogens with one attached hydrogen (secondary N) is 1. The van der Waals surface area contributed by atoms with E-state index in [-0.39, 0.29) is 17.9 Å². The first kappa shape index (κ1) is 15.8. The third-order valence-electron chi connectivity index (χ3n) is 3.73. The fraction of sp³-hybridized carbons (Fsp3) is 0.467. The summed E-state index contributed by atoms with van der Waals surface area (Å²) in [5.41, 5.74) is 6.97. The molecule has 1 aliphatic heterocycles. The van der Waals surface area contributed by atoms with E-state index in [1.165, 1.54) is 0 Å². The van der Waals surface area contributed by atoms with Gasteiger partial charge < -0.3 is 16.0 Å². The highest BCUT2D eigenvalue weighted by molar-refractivity contribution is 9.10. The molecule has 1 heterocycles. The number of hydrogen-bond donors (Lipinski definition) is 2. The average Bonchev–Trinajstić information content (AvgIpc) is 2.50. The zero-order chi connectivity index (χ0) is 15.4. The van der Waals surface area contributed by atoms with Crippen molar-refractivity contribution in [2.75, 3.05) is 18.8 Å². The summed E-state index contributed by atoms with van der Waals surface area (Å²) in [4.78, 5) is 25.7. The lowest BCUT2D eigenvalue weighted by Gasteiger charge is -2.32. The molecule has 114 valence electrons. The van der Waals surface area contributed by atoms with Crippen LogP contribution < -0.4 is 11.1 Å². The van der Waals surface area contributed by atoms with Crippen LogP contribution in [0, 0.1) is 0 Å². The van der Waals surface area contributed by atoms with E-state index in [2.05, 4.69) is 21.2 Å². The number of benzene rings is 1. The number of amides is 2. The van der Waals surface area contributed by atoms with Gasteiger partial charge in [-0.1, -0.05) is 13.0 Å². The van der Waals surface area contributed by atoms with Gasteiger partial charge in [-0.25, -0.2) is 0 Å². The smallest absolute Gasteiger partial charge is 0.255 e. The molecule has 0 atom stereocenters. The molecule has 2 rings (SSSR count). The summed E-state index contributed by atoms with van der Waals surface area (Å²) in [6.45, 7) is 3.13. The molecule has 1 fully saturated rings. The van der Waals surface area contributed by atoms with E-state index in [4.69, 9.17) is 5.73 Å². The number of nitrogen functional groups attached to an aromatic ring is 1. The van der Waals surface area contributed by atoms with Gasteiger partial charge in [-0.15, -0.1) is 0 Å². The van der Waals surface area contributed by atoms with Gasteiger partial charge in [-0.05, 0) is 40.9 Å². The number of carbonyl (C=O) groups excluding carboxylic acids is 2. The largest absolute Gasteiger partial charge is 0.398 e. The van der Waals surface area contributed by atoms with E-state index in [0.29, 0.717) is 35.2 Å². The van der Waals surface area contributed by atoms with Gasteiger partial charge in [0.15, 0.2) is 0 Å². The lowest BCUT2D eigenvalue weighted by molar-refractivity contribution is -0.121. The summed E-state index contributed by atoms with van der Waals surface area (Å²) >= 11 is 3.37. The number of halogens is 1. The molecule has 0 unspecified atom stereocenters. The van der Waals surface area contributed by atoms with Crippen molar-refractivity contribution < 1.29 is 9.59 Å². The van der Waals surface area contributed by atoms with Crippen molar-refractivity contribution in [2.45, 2.75) is 32.2 Å². The lowest BCUT2D eigenvalue weighted by Crippen LogP contribution is -2.46. The van der Waals surface area contributed by atoms with Crippen molar-refractivity contribution in [3.63, 3.8) is 0 Å². The van der Waals surface area contributed by atoms with E-state index >= 15 is 0 Å². The van der Waals surface area contributed by atoms with Crippen molar-refractivity contribution in [2.24, 2.45) is 0 Å².